The van der Waals surface area contributed by atoms with E-state index in [0.717, 1.165) is 51.5 Å². The molecule has 5 nitrogen and oxygen atoms in total. The van der Waals surface area contributed by atoms with Crippen molar-refractivity contribution in [3.8, 4) is 0 Å². The van der Waals surface area contributed by atoms with Gasteiger partial charge in [0.05, 0.1) is 0 Å². The average Bonchev–Trinajstić information content (AvgIpc) is 2.78. The highest BCUT2D eigenvalue weighted by Crippen LogP contribution is 2.06. The van der Waals surface area contributed by atoms with Crippen LogP contribution in [0, 0.1) is 0 Å². The van der Waals surface area contributed by atoms with Crippen LogP contribution in [0.2, 0.25) is 0 Å². The van der Waals surface area contributed by atoms with Gasteiger partial charge in [0, 0.05) is 52.9 Å². The zero-order valence-corrected chi connectivity index (χ0v) is 10.8. The molecular weight excluding hydrogens is 218 g/mol. The molecule has 1 N–H and O–H groups in total. The van der Waals surface area contributed by atoms with Crippen LogP contribution < -0.4 is 5.32 Å². The molecule has 1 aromatic heterocycles. The first-order valence-electron chi connectivity index (χ1n) is 6.11. The summed E-state index contributed by atoms with van der Waals surface area (Å²) in [5, 5.41) is 3.31. The minimum Gasteiger partial charge on any atom is -0.385 e. The number of rotatable bonds is 10. The zero-order valence-electron chi connectivity index (χ0n) is 10.8. The van der Waals surface area contributed by atoms with E-state index in [1.807, 2.05) is 12.4 Å². The molecule has 0 unspecified atom stereocenters. The van der Waals surface area contributed by atoms with Crippen molar-refractivity contribution in [1.29, 1.82) is 0 Å². The van der Waals surface area contributed by atoms with Crippen molar-refractivity contribution in [3.63, 3.8) is 0 Å². The third-order valence-corrected chi connectivity index (χ3v) is 2.52. The summed E-state index contributed by atoms with van der Waals surface area (Å²) in [5.41, 5.74) is 0. The van der Waals surface area contributed by atoms with Crippen LogP contribution in [-0.2, 0) is 16.0 Å². The van der Waals surface area contributed by atoms with Crippen molar-refractivity contribution in [1.82, 2.24) is 9.55 Å². The maximum Gasteiger partial charge on any atom is 0.202 e. The molecule has 0 radical (unpaired) electrons. The fraction of sp³-hybridized carbons (Fsp3) is 0.750. The maximum absolute atomic E-state index is 5.03. The number of nitrogens with one attached hydrogen (secondary N) is 1. The molecule has 0 aliphatic rings. The molecule has 1 rings (SSSR count). The Labute approximate surface area is 103 Å². The van der Waals surface area contributed by atoms with Crippen molar-refractivity contribution < 1.29 is 9.47 Å². The summed E-state index contributed by atoms with van der Waals surface area (Å²) >= 11 is 0. The molecule has 98 valence electrons. The second kappa shape index (κ2) is 9.01. The quantitative estimate of drug-likeness (QED) is 0.634. The van der Waals surface area contributed by atoms with E-state index in [1.165, 1.54) is 0 Å². The Hall–Kier alpha value is -1.07. The van der Waals surface area contributed by atoms with Crippen LogP contribution in [0.4, 0.5) is 5.95 Å². The van der Waals surface area contributed by atoms with E-state index in [2.05, 4.69) is 14.9 Å². The third kappa shape index (κ3) is 5.70. The summed E-state index contributed by atoms with van der Waals surface area (Å²) in [6.45, 7) is 3.48. The molecule has 17 heavy (non-hydrogen) atoms. The van der Waals surface area contributed by atoms with Gasteiger partial charge in [-0.05, 0) is 19.3 Å². The largest absolute Gasteiger partial charge is 0.385 e. The highest BCUT2D eigenvalue weighted by Gasteiger charge is 2.01. The Morgan fingerprint density at radius 3 is 2.71 bits per heavy atom. The van der Waals surface area contributed by atoms with Gasteiger partial charge in [-0.15, -0.1) is 0 Å². The zero-order chi connectivity index (χ0) is 12.3. The number of ether oxygens (including phenoxy) is 2. The lowest BCUT2D eigenvalue weighted by atomic mass is 10.3. The number of unbranched alkanes of at least 4 members (excludes halogenated alkanes) is 1. The van der Waals surface area contributed by atoms with Crippen molar-refractivity contribution in [2.45, 2.75) is 25.8 Å². The molecule has 0 fully saturated rings. The van der Waals surface area contributed by atoms with Crippen molar-refractivity contribution >= 4 is 5.95 Å². The smallest absolute Gasteiger partial charge is 0.202 e. The van der Waals surface area contributed by atoms with E-state index >= 15 is 0 Å². The van der Waals surface area contributed by atoms with Crippen LogP contribution in [0.1, 0.15) is 19.3 Å². The summed E-state index contributed by atoms with van der Waals surface area (Å²) in [6, 6.07) is 0. The number of aromatic nitrogens is 2. The lowest BCUT2D eigenvalue weighted by Crippen LogP contribution is -2.10. The second-order valence-electron chi connectivity index (χ2n) is 3.92. The number of hydrogen-bond donors (Lipinski definition) is 1. The summed E-state index contributed by atoms with van der Waals surface area (Å²) in [4.78, 5) is 4.29. The summed E-state index contributed by atoms with van der Waals surface area (Å²) in [5.74, 6) is 0.943. The maximum atomic E-state index is 5.03. The van der Waals surface area contributed by atoms with Crippen LogP contribution in [0.5, 0.6) is 0 Å². The van der Waals surface area contributed by atoms with E-state index in [4.69, 9.17) is 9.47 Å². The third-order valence-electron chi connectivity index (χ3n) is 2.52. The Balaban J connectivity index is 2.22. The Morgan fingerprint density at radius 1 is 1.18 bits per heavy atom. The Bertz CT molecular complexity index is 263. The van der Waals surface area contributed by atoms with E-state index in [0.29, 0.717) is 0 Å². The standard InChI is InChI=1S/C12H23N3O2/c1-16-10-4-3-8-15-9-7-14-12(15)13-6-5-11-17-2/h7,9H,3-6,8,10-11H2,1-2H3,(H,13,14). The molecule has 0 bridgehead atoms. The summed E-state index contributed by atoms with van der Waals surface area (Å²) < 4.78 is 12.2. The van der Waals surface area contributed by atoms with Gasteiger partial charge in [0.25, 0.3) is 0 Å². The predicted octanol–water partition coefficient (Wildman–Crippen LogP) is 1.76. The lowest BCUT2D eigenvalue weighted by molar-refractivity contribution is 0.191. The van der Waals surface area contributed by atoms with E-state index < -0.39 is 0 Å². The van der Waals surface area contributed by atoms with Crippen molar-refractivity contribution in [2.75, 3.05) is 39.3 Å². The predicted molar refractivity (Wildman–Crippen MR) is 68.3 cm³/mol. The molecule has 0 atom stereocenters. The molecule has 1 heterocycles. The van der Waals surface area contributed by atoms with E-state index in [1.54, 1.807) is 14.2 Å². The number of imidazole rings is 1. The molecule has 0 spiro atoms. The number of anilines is 1. The Morgan fingerprint density at radius 2 is 1.94 bits per heavy atom. The van der Waals surface area contributed by atoms with Crippen LogP contribution in [-0.4, -0.2) is 43.5 Å². The van der Waals surface area contributed by atoms with Gasteiger partial charge in [0.2, 0.25) is 5.95 Å². The number of hydrogen-bond acceptors (Lipinski definition) is 4. The first-order chi connectivity index (χ1) is 8.38. The van der Waals surface area contributed by atoms with E-state index in [9.17, 15) is 0 Å². The second-order valence-corrected chi connectivity index (χ2v) is 3.92. The molecule has 0 aliphatic heterocycles. The van der Waals surface area contributed by atoms with Gasteiger partial charge in [-0.1, -0.05) is 0 Å². The van der Waals surface area contributed by atoms with Gasteiger partial charge < -0.3 is 19.4 Å². The van der Waals surface area contributed by atoms with Gasteiger partial charge in [0.15, 0.2) is 0 Å². The van der Waals surface area contributed by atoms with E-state index in [-0.39, 0.29) is 0 Å². The monoisotopic (exact) mass is 241 g/mol. The molecule has 5 heteroatoms. The van der Waals surface area contributed by atoms with Crippen LogP contribution in [0.3, 0.4) is 0 Å². The van der Waals surface area contributed by atoms with Crippen molar-refractivity contribution in [3.05, 3.63) is 12.4 Å². The van der Waals surface area contributed by atoms with Gasteiger partial charge in [-0.2, -0.15) is 0 Å². The molecule has 0 aromatic carbocycles. The molecule has 1 aromatic rings. The van der Waals surface area contributed by atoms with Crippen molar-refractivity contribution in [2.24, 2.45) is 0 Å². The molecule has 0 amide bonds. The first kappa shape index (κ1) is 14.0. The van der Waals surface area contributed by atoms with Crippen LogP contribution in [0.25, 0.3) is 0 Å². The summed E-state index contributed by atoms with van der Waals surface area (Å²) in [6.07, 6.45) is 7.02. The van der Waals surface area contributed by atoms with Gasteiger partial charge in [0.1, 0.15) is 0 Å². The molecule has 0 saturated carbocycles. The normalized spacial score (nSPS) is 10.7. The highest BCUT2D eigenvalue weighted by molar-refractivity contribution is 5.25. The number of nitrogens with zero attached hydrogens (tertiary/aromatic N) is 2. The topological polar surface area (TPSA) is 48.3 Å². The minimum absolute atomic E-state index is 0.779. The molecule has 0 saturated heterocycles. The molecule has 0 aliphatic carbocycles. The molecular formula is C12H23N3O2. The van der Waals surface area contributed by atoms with Gasteiger partial charge in [-0.25, -0.2) is 4.98 Å². The average molecular weight is 241 g/mol. The van der Waals surface area contributed by atoms with Gasteiger partial charge >= 0.3 is 0 Å². The number of aryl methyl sites for hydroxylation is 1. The minimum atomic E-state index is 0.779. The van der Waals surface area contributed by atoms with Crippen LogP contribution in [0.15, 0.2) is 12.4 Å². The fourth-order valence-corrected chi connectivity index (χ4v) is 1.60. The number of methoxy groups -OCH3 is 2. The lowest BCUT2D eigenvalue weighted by Gasteiger charge is -2.09. The van der Waals surface area contributed by atoms with Crippen LogP contribution >= 0.6 is 0 Å². The van der Waals surface area contributed by atoms with Gasteiger partial charge in [-0.3, -0.25) is 0 Å². The highest BCUT2D eigenvalue weighted by atomic mass is 16.5. The Kier molecular flexibility index (Phi) is 7.42. The SMILES string of the molecule is COCCCCn1ccnc1NCCCOC. The first-order valence-corrected chi connectivity index (χ1v) is 6.11. The fourth-order valence-electron chi connectivity index (χ4n) is 1.60. The summed E-state index contributed by atoms with van der Waals surface area (Å²) in [7, 11) is 3.46.